The molecule has 0 saturated carbocycles. The van der Waals surface area contributed by atoms with Crippen LogP contribution in [-0.4, -0.2) is 29.4 Å². The van der Waals surface area contributed by atoms with Crippen molar-refractivity contribution in [3.8, 4) is 0 Å². The summed E-state index contributed by atoms with van der Waals surface area (Å²) in [5, 5.41) is 6.27. The Labute approximate surface area is 142 Å². The van der Waals surface area contributed by atoms with Crippen molar-refractivity contribution in [2.75, 3.05) is 11.0 Å². The van der Waals surface area contributed by atoms with E-state index in [2.05, 4.69) is 14.8 Å². The molecule has 0 saturated heterocycles. The van der Waals surface area contributed by atoms with E-state index < -0.39 is 10.0 Å². The molecule has 0 atom stereocenters. The third-order valence-corrected chi connectivity index (χ3v) is 5.64. The first-order valence-corrected chi connectivity index (χ1v) is 9.66. The van der Waals surface area contributed by atoms with E-state index in [0.717, 1.165) is 5.39 Å². The lowest BCUT2D eigenvalue weighted by Gasteiger charge is -2.09. The largest absolute Gasteiger partial charge is 0.264 e. The standard InChI is InChI=1S/C14H13ClN4O2S2/c1-19-14(22-2)16-13(17-19)18-23(20,21)11-8-4-6-9-5-3-7-10(15)12(9)11/h3-8H,1-2H3,(H,17,18). The molecule has 2 aromatic carbocycles. The molecule has 0 radical (unpaired) electrons. The number of hydrogen-bond acceptors (Lipinski definition) is 5. The monoisotopic (exact) mass is 368 g/mol. The predicted octanol–water partition coefficient (Wildman–Crippen LogP) is 3.14. The summed E-state index contributed by atoms with van der Waals surface area (Å²) >= 11 is 7.57. The topological polar surface area (TPSA) is 76.9 Å². The molecule has 1 aromatic heterocycles. The second-order valence-electron chi connectivity index (χ2n) is 4.75. The van der Waals surface area contributed by atoms with E-state index in [1.807, 2.05) is 18.4 Å². The van der Waals surface area contributed by atoms with Crippen LogP contribution in [0.4, 0.5) is 5.95 Å². The third-order valence-electron chi connectivity index (χ3n) is 3.24. The third kappa shape index (κ3) is 3.01. The van der Waals surface area contributed by atoms with Crippen LogP contribution < -0.4 is 4.72 Å². The maximum atomic E-state index is 12.7. The molecule has 120 valence electrons. The zero-order valence-corrected chi connectivity index (χ0v) is 14.7. The van der Waals surface area contributed by atoms with Gasteiger partial charge in [0, 0.05) is 17.5 Å². The summed E-state index contributed by atoms with van der Waals surface area (Å²) in [7, 11) is -2.16. The van der Waals surface area contributed by atoms with Crippen molar-refractivity contribution < 1.29 is 8.42 Å². The molecule has 0 aliphatic heterocycles. The zero-order chi connectivity index (χ0) is 16.6. The van der Waals surface area contributed by atoms with Crippen LogP contribution in [0.5, 0.6) is 0 Å². The van der Waals surface area contributed by atoms with Crippen LogP contribution in [0, 0.1) is 0 Å². The van der Waals surface area contributed by atoms with Crippen molar-refractivity contribution in [3.05, 3.63) is 41.4 Å². The zero-order valence-electron chi connectivity index (χ0n) is 12.3. The Morgan fingerprint density at radius 2 is 1.91 bits per heavy atom. The van der Waals surface area contributed by atoms with Crippen LogP contribution in [0.15, 0.2) is 46.5 Å². The molecule has 0 fully saturated rings. The Morgan fingerprint density at radius 1 is 1.22 bits per heavy atom. The van der Waals surface area contributed by atoms with E-state index in [4.69, 9.17) is 11.6 Å². The maximum Gasteiger partial charge on any atom is 0.264 e. The van der Waals surface area contributed by atoms with Crippen LogP contribution in [0.2, 0.25) is 5.02 Å². The number of halogens is 1. The van der Waals surface area contributed by atoms with E-state index in [1.165, 1.54) is 22.5 Å². The number of aryl methyl sites for hydroxylation is 1. The molecule has 6 nitrogen and oxygen atoms in total. The fourth-order valence-electron chi connectivity index (χ4n) is 2.25. The van der Waals surface area contributed by atoms with Crippen molar-refractivity contribution in [2.24, 2.45) is 7.05 Å². The van der Waals surface area contributed by atoms with Gasteiger partial charge in [-0.1, -0.05) is 47.6 Å². The lowest BCUT2D eigenvalue weighted by atomic mass is 10.1. The highest BCUT2D eigenvalue weighted by atomic mass is 35.5. The van der Waals surface area contributed by atoms with Crippen LogP contribution in [-0.2, 0) is 17.1 Å². The summed E-state index contributed by atoms with van der Waals surface area (Å²) in [6, 6.07) is 10.2. The van der Waals surface area contributed by atoms with E-state index >= 15 is 0 Å². The minimum atomic E-state index is -3.86. The van der Waals surface area contributed by atoms with Crippen molar-refractivity contribution in [2.45, 2.75) is 10.1 Å². The van der Waals surface area contributed by atoms with Crippen molar-refractivity contribution in [1.82, 2.24) is 14.8 Å². The molecule has 1 heterocycles. The minimum Gasteiger partial charge on any atom is -0.246 e. The van der Waals surface area contributed by atoms with Gasteiger partial charge in [0.25, 0.3) is 16.0 Å². The molecule has 0 spiro atoms. The Balaban J connectivity index is 2.09. The van der Waals surface area contributed by atoms with Gasteiger partial charge in [-0.25, -0.2) is 17.8 Å². The quantitative estimate of drug-likeness (QED) is 0.716. The highest BCUT2D eigenvalue weighted by molar-refractivity contribution is 7.98. The molecule has 0 aliphatic carbocycles. The van der Waals surface area contributed by atoms with Gasteiger partial charge in [0.05, 0.1) is 4.90 Å². The fourth-order valence-corrected chi connectivity index (χ4v) is 4.27. The molecule has 0 aliphatic rings. The van der Waals surface area contributed by atoms with Crippen molar-refractivity contribution >= 4 is 50.1 Å². The lowest BCUT2D eigenvalue weighted by molar-refractivity contribution is 0.601. The van der Waals surface area contributed by atoms with Crippen LogP contribution in [0.1, 0.15) is 0 Å². The first kappa shape index (κ1) is 16.1. The molecule has 23 heavy (non-hydrogen) atoms. The van der Waals surface area contributed by atoms with E-state index in [0.29, 0.717) is 15.6 Å². The van der Waals surface area contributed by atoms with Crippen LogP contribution in [0.3, 0.4) is 0 Å². The Morgan fingerprint density at radius 3 is 2.57 bits per heavy atom. The van der Waals surface area contributed by atoms with Gasteiger partial charge in [-0.3, -0.25) is 0 Å². The van der Waals surface area contributed by atoms with E-state index in [1.54, 1.807) is 25.2 Å². The van der Waals surface area contributed by atoms with Crippen LogP contribution in [0.25, 0.3) is 10.8 Å². The van der Waals surface area contributed by atoms with Crippen molar-refractivity contribution in [1.29, 1.82) is 0 Å². The maximum absolute atomic E-state index is 12.7. The molecule has 0 bridgehead atoms. The van der Waals surface area contributed by atoms with Gasteiger partial charge in [0.15, 0.2) is 5.16 Å². The van der Waals surface area contributed by atoms with Gasteiger partial charge < -0.3 is 0 Å². The SMILES string of the molecule is CSc1nc(NS(=O)(=O)c2cccc3cccc(Cl)c23)nn1C. The summed E-state index contributed by atoms with van der Waals surface area (Å²) in [4.78, 5) is 4.23. The van der Waals surface area contributed by atoms with Gasteiger partial charge in [0.2, 0.25) is 0 Å². The number of nitrogens with zero attached hydrogens (tertiary/aromatic N) is 3. The second-order valence-corrected chi connectivity index (χ2v) is 7.58. The van der Waals surface area contributed by atoms with Gasteiger partial charge in [-0.15, -0.1) is 5.10 Å². The molecular formula is C14H13ClN4O2S2. The highest BCUT2D eigenvalue weighted by Gasteiger charge is 2.21. The second kappa shape index (κ2) is 6.03. The normalized spacial score (nSPS) is 11.8. The number of sulfonamides is 1. The van der Waals surface area contributed by atoms with E-state index in [-0.39, 0.29) is 10.8 Å². The number of fused-ring (bicyclic) bond motifs is 1. The molecule has 1 N–H and O–H groups in total. The number of anilines is 1. The number of aromatic nitrogens is 3. The number of thioether (sulfide) groups is 1. The number of benzene rings is 2. The molecule has 9 heteroatoms. The molecule has 0 amide bonds. The summed E-state index contributed by atoms with van der Waals surface area (Å²) in [5.74, 6) is 0.0286. The van der Waals surface area contributed by atoms with Gasteiger partial charge >= 0.3 is 0 Å². The first-order valence-electron chi connectivity index (χ1n) is 6.57. The highest BCUT2D eigenvalue weighted by Crippen LogP contribution is 2.30. The Bertz CT molecular complexity index is 980. The predicted molar refractivity (Wildman–Crippen MR) is 92.6 cm³/mol. The molecular weight excluding hydrogens is 356 g/mol. The minimum absolute atomic E-state index is 0.0286. The van der Waals surface area contributed by atoms with Gasteiger partial charge in [-0.05, 0) is 23.8 Å². The first-order chi connectivity index (χ1) is 10.9. The molecule has 3 rings (SSSR count). The molecule has 3 aromatic rings. The van der Waals surface area contributed by atoms with Crippen LogP contribution >= 0.6 is 23.4 Å². The number of rotatable bonds is 4. The molecule has 0 unspecified atom stereocenters. The summed E-state index contributed by atoms with van der Waals surface area (Å²) < 4.78 is 29.3. The number of hydrogen-bond donors (Lipinski definition) is 1. The fraction of sp³-hybridized carbons (Fsp3) is 0.143. The van der Waals surface area contributed by atoms with Gasteiger partial charge in [-0.2, -0.15) is 4.98 Å². The van der Waals surface area contributed by atoms with Gasteiger partial charge in [0.1, 0.15) is 0 Å². The summed E-state index contributed by atoms with van der Waals surface area (Å²) in [5.41, 5.74) is 0. The Hall–Kier alpha value is -1.77. The summed E-state index contributed by atoms with van der Waals surface area (Å²) in [6.07, 6.45) is 1.84. The Kier molecular flexibility index (Phi) is 4.22. The number of nitrogens with one attached hydrogen (secondary N) is 1. The average molecular weight is 369 g/mol. The lowest BCUT2D eigenvalue weighted by Crippen LogP contribution is -2.14. The van der Waals surface area contributed by atoms with E-state index in [9.17, 15) is 8.42 Å². The average Bonchev–Trinajstić information content (AvgIpc) is 2.86. The smallest absolute Gasteiger partial charge is 0.246 e. The van der Waals surface area contributed by atoms with Crippen molar-refractivity contribution in [3.63, 3.8) is 0 Å². The summed E-state index contributed by atoms with van der Waals surface area (Å²) in [6.45, 7) is 0.